The van der Waals surface area contributed by atoms with E-state index in [2.05, 4.69) is 15.0 Å². The number of hydrogen-bond donors (Lipinski definition) is 2. The topological polar surface area (TPSA) is 93.7 Å². The number of hydrogen-bond acceptors (Lipinski definition) is 5. The first kappa shape index (κ1) is 15.6. The summed E-state index contributed by atoms with van der Waals surface area (Å²) in [7, 11) is -0.781. The highest BCUT2D eigenvalue weighted by molar-refractivity contribution is 7.89. The van der Waals surface area contributed by atoms with Gasteiger partial charge in [-0.05, 0) is 24.3 Å². The lowest BCUT2D eigenvalue weighted by atomic mass is 10.2. The molecule has 19 heavy (non-hydrogen) atoms. The van der Waals surface area contributed by atoms with Crippen LogP contribution in [0.3, 0.4) is 0 Å². The first-order chi connectivity index (χ1) is 9.01. The molecule has 0 aliphatic heterocycles. The van der Waals surface area contributed by atoms with E-state index in [9.17, 15) is 13.2 Å². The molecule has 0 bridgehead atoms. The molecule has 0 aliphatic rings. The predicted octanol–water partition coefficient (Wildman–Crippen LogP) is -0.0975. The van der Waals surface area contributed by atoms with E-state index in [-0.39, 0.29) is 18.0 Å². The summed E-state index contributed by atoms with van der Waals surface area (Å²) in [4.78, 5) is 16.0. The SMILES string of the molecule is COCCNS(=O)(=O)c1ccc(C(=O)NOC)cc1. The Labute approximate surface area is 111 Å². The molecular formula is C11H16N2O5S. The Morgan fingerprint density at radius 1 is 1.21 bits per heavy atom. The molecule has 0 radical (unpaired) electrons. The number of benzene rings is 1. The molecule has 106 valence electrons. The molecule has 0 atom stereocenters. The van der Waals surface area contributed by atoms with Gasteiger partial charge in [0.25, 0.3) is 5.91 Å². The van der Waals surface area contributed by atoms with E-state index in [0.717, 1.165) is 0 Å². The van der Waals surface area contributed by atoms with Gasteiger partial charge in [-0.2, -0.15) is 0 Å². The molecule has 0 saturated heterocycles. The van der Waals surface area contributed by atoms with E-state index < -0.39 is 15.9 Å². The predicted molar refractivity (Wildman–Crippen MR) is 68.0 cm³/mol. The van der Waals surface area contributed by atoms with E-state index in [0.29, 0.717) is 5.56 Å². The van der Waals surface area contributed by atoms with Gasteiger partial charge in [-0.15, -0.1) is 0 Å². The number of amides is 1. The highest BCUT2D eigenvalue weighted by atomic mass is 32.2. The second-order valence-corrected chi connectivity index (χ2v) is 5.32. The minimum Gasteiger partial charge on any atom is -0.383 e. The zero-order valence-corrected chi connectivity index (χ0v) is 11.5. The van der Waals surface area contributed by atoms with Crippen molar-refractivity contribution >= 4 is 15.9 Å². The van der Waals surface area contributed by atoms with Crippen LogP contribution in [0.1, 0.15) is 10.4 Å². The molecule has 2 N–H and O–H groups in total. The van der Waals surface area contributed by atoms with E-state index >= 15 is 0 Å². The van der Waals surface area contributed by atoms with Crippen molar-refractivity contribution in [2.45, 2.75) is 4.90 Å². The Bertz CT molecular complexity index is 512. The van der Waals surface area contributed by atoms with Crippen LogP contribution in [-0.2, 0) is 19.6 Å². The lowest BCUT2D eigenvalue weighted by molar-refractivity contribution is 0.0537. The second-order valence-electron chi connectivity index (χ2n) is 3.55. The number of nitrogens with one attached hydrogen (secondary N) is 2. The molecule has 0 aromatic heterocycles. The van der Waals surface area contributed by atoms with Crippen molar-refractivity contribution in [3.05, 3.63) is 29.8 Å². The van der Waals surface area contributed by atoms with Crippen LogP contribution in [-0.4, -0.2) is 41.7 Å². The number of ether oxygens (including phenoxy) is 1. The molecule has 0 heterocycles. The van der Waals surface area contributed by atoms with Crippen LogP contribution in [0.25, 0.3) is 0 Å². The van der Waals surface area contributed by atoms with Gasteiger partial charge in [0.1, 0.15) is 0 Å². The van der Waals surface area contributed by atoms with Crippen LogP contribution in [0.15, 0.2) is 29.2 Å². The summed E-state index contributed by atoms with van der Waals surface area (Å²) in [5, 5.41) is 0. The number of carbonyl (C=O) groups excluding carboxylic acids is 1. The van der Waals surface area contributed by atoms with Crippen molar-refractivity contribution in [3.63, 3.8) is 0 Å². The molecule has 0 aliphatic carbocycles. The Morgan fingerprint density at radius 2 is 1.84 bits per heavy atom. The molecule has 8 heteroatoms. The summed E-state index contributed by atoms with van der Waals surface area (Å²) in [6, 6.07) is 5.50. The van der Waals surface area contributed by atoms with Gasteiger partial charge in [-0.3, -0.25) is 9.63 Å². The van der Waals surface area contributed by atoms with Gasteiger partial charge < -0.3 is 4.74 Å². The smallest absolute Gasteiger partial charge is 0.274 e. The van der Waals surface area contributed by atoms with E-state index in [1.165, 1.54) is 38.5 Å². The van der Waals surface area contributed by atoms with Gasteiger partial charge in [0, 0.05) is 19.2 Å². The van der Waals surface area contributed by atoms with Gasteiger partial charge in [0.15, 0.2) is 0 Å². The molecular weight excluding hydrogens is 272 g/mol. The van der Waals surface area contributed by atoms with Crippen LogP contribution in [0.4, 0.5) is 0 Å². The summed E-state index contributed by atoms with van der Waals surface area (Å²) in [6.45, 7) is 0.471. The third-order valence-corrected chi connectivity index (χ3v) is 3.70. The van der Waals surface area contributed by atoms with Gasteiger partial charge in [0.05, 0.1) is 18.6 Å². The fourth-order valence-electron chi connectivity index (χ4n) is 1.30. The van der Waals surface area contributed by atoms with Gasteiger partial charge in [-0.1, -0.05) is 0 Å². The lowest BCUT2D eigenvalue weighted by Gasteiger charge is -2.07. The fraction of sp³-hybridized carbons (Fsp3) is 0.364. The molecule has 1 aromatic carbocycles. The summed E-state index contributed by atoms with van der Waals surface area (Å²) in [6.07, 6.45) is 0. The minimum atomic E-state index is -3.58. The fourth-order valence-corrected chi connectivity index (χ4v) is 2.31. The number of hydroxylamine groups is 1. The van der Waals surface area contributed by atoms with Crippen molar-refractivity contribution in [2.24, 2.45) is 0 Å². The van der Waals surface area contributed by atoms with Crippen LogP contribution in [0.2, 0.25) is 0 Å². The highest BCUT2D eigenvalue weighted by Gasteiger charge is 2.14. The van der Waals surface area contributed by atoms with E-state index in [1.807, 2.05) is 0 Å². The summed E-state index contributed by atoms with van der Waals surface area (Å²) < 4.78 is 30.8. The number of rotatable bonds is 7. The summed E-state index contributed by atoms with van der Waals surface area (Å²) in [5.74, 6) is -0.446. The number of carbonyl (C=O) groups is 1. The minimum absolute atomic E-state index is 0.0811. The first-order valence-electron chi connectivity index (χ1n) is 5.43. The maximum atomic E-state index is 11.8. The van der Waals surface area contributed by atoms with Crippen molar-refractivity contribution in [1.82, 2.24) is 10.2 Å². The summed E-state index contributed by atoms with van der Waals surface area (Å²) >= 11 is 0. The van der Waals surface area contributed by atoms with Gasteiger partial charge in [-0.25, -0.2) is 18.6 Å². The monoisotopic (exact) mass is 288 g/mol. The van der Waals surface area contributed by atoms with E-state index in [1.54, 1.807) is 0 Å². The molecule has 0 saturated carbocycles. The molecule has 0 spiro atoms. The molecule has 1 rings (SSSR count). The third-order valence-electron chi connectivity index (χ3n) is 2.22. The van der Waals surface area contributed by atoms with Crippen molar-refractivity contribution in [2.75, 3.05) is 27.4 Å². The van der Waals surface area contributed by atoms with Crippen LogP contribution in [0, 0.1) is 0 Å². The van der Waals surface area contributed by atoms with Crippen LogP contribution < -0.4 is 10.2 Å². The van der Waals surface area contributed by atoms with Crippen LogP contribution in [0.5, 0.6) is 0 Å². The Hall–Kier alpha value is -1.48. The molecule has 1 aromatic rings. The highest BCUT2D eigenvalue weighted by Crippen LogP contribution is 2.10. The maximum Gasteiger partial charge on any atom is 0.274 e. The standard InChI is InChI=1S/C11H16N2O5S/c1-17-8-7-12-19(15,16)10-5-3-9(4-6-10)11(14)13-18-2/h3-6,12H,7-8H2,1-2H3,(H,13,14). The van der Waals surface area contributed by atoms with Crippen molar-refractivity contribution in [3.8, 4) is 0 Å². The Balaban J connectivity index is 2.77. The summed E-state index contributed by atoms with van der Waals surface area (Å²) in [5.41, 5.74) is 2.44. The quantitative estimate of drug-likeness (QED) is 0.540. The Morgan fingerprint density at radius 3 is 2.37 bits per heavy atom. The average Bonchev–Trinajstić information content (AvgIpc) is 2.39. The van der Waals surface area contributed by atoms with Crippen molar-refractivity contribution in [1.29, 1.82) is 0 Å². The van der Waals surface area contributed by atoms with Crippen molar-refractivity contribution < 1.29 is 22.8 Å². The van der Waals surface area contributed by atoms with Crippen LogP contribution >= 0.6 is 0 Å². The Kier molecular flexibility index (Phi) is 5.90. The van der Waals surface area contributed by atoms with Gasteiger partial charge >= 0.3 is 0 Å². The largest absolute Gasteiger partial charge is 0.383 e. The zero-order chi connectivity index (χ0) is 14.3. The third kappa shape index (κ3) is 4.60. The molecule has 0 unspecified atom stereocenters. The normalized spacial score (nSPS) is 11.3. The lowest BCUT2D eigenvalue weighted by Crippen LogP contribution is -2.27. The molecule has 0 fully saturated rings. The number of methoxy groups -OCH3 is 1. The second kappa shape index (κ2) is 7.19. The first-order valence-corrected chi connectivity index (χ1v) is 6.91. The van der Waals surface area contributed by atoms with Gasteiger partial charge in [0.2, 0.25) is 10.0 Å². The number of sulfonamides is 1. The zero-order valence-electron chi connectivity index (χ0n) is 10.7. The molecule has 7 nitrogen and oxygen atoms in total. The maximum absolute atomic E-state index is 11.8. The average molecular weight is 288 g/mol. The van der Waals surface area contributed by atoms with E-state index in [4.69, 9.17) is 4.74 Å². The molecule has 1 amide bonds.